The number of nitrogens with zero attached hydrogens (tertiary/aromatic N) is 1. The number of piperazine rings is 1. The topological polar surface area (TPSA) is 44.7 Å². The highest BCUT2D eigenvalue weighted by Gasteiger charge is 2.21. The molecule has 5 heteroatoms. The number of rotatable bonds is 4. The third kappa shape index (κ3) is 3.52. The van der Waals surface area contributed by atoms with E-state index >= 15 is 0 Å². The van der Waals surface area contributed by atoms with Crippen molar-refractivity contribution in [2.45, 2.75) is 6.04 Å². The molecule has 1 fully saturated rings. The van der Waals surface area contributed by atoms with Crippen molar-refractivity contribution in [3.05, 3.63) is 42.0 Å². The van der Waals surface area contributed by atoms with Crippen molar-refractivity contribution in [3.63, 3.8) is 0 Å². The van der Waals surface area contributed by atoms with Gasteiger partial charge < -0.3 is 15.2 Å². The minimum absolute atomic E-state index is 0. The third-order valence-electron chi connectivity index (χ3n) is 4.22. The minimum Gasteiger partial charge on any atom is -0.497 e. The number of nitrogens with one attached hydrogen (secondary N) is 1. The van der Waals surface area contributed by atoms with Gasteiger partial charge in [0.1, 0.15) is 5.75 Å². The second kappa shape index (κ2) is 7.79. The van der Waals surface area contributed by atoms with Gasteiger partial charge in [0.25, 0.3) is 0 Å². The lowest BCUT2D eigenvalue weighted by Crippen LogP contribution is -2.46. The van der Waals surface area contributed by atoms with Crippen LogP contribution < -0.4 is 10.1 Å². The SMILES string of the molecule is COc1ccc2cc([C@H](CO)N3CCNCC3)ccc2c1.Cl. The first-order valence-electron chi connectivity index (χ1n) is 7.45. The highest BCUT2D eigenvalue weighted by atomic mass is 35.5. The van der Waals surface area contributed by atoms with Crippen LogP contribution in [-0.2, 0) is 0 Å². The highest BCUT2D eigenvalue weighted by molar-refractivity contribution is 5.85. The van der Waals surface area contributed by atoms with Crippen LogP contribution in [0.5, 0.6) is 5.75 Å². The molecule has 0 bridgehead atoms. The molecule has 1 saturated heterocycles. The Morgan fingerprint density at radius 1 is 1.14 bits per heavy atom. The van der Waals surface area contributed by atoms with E-state index in [9.17, 15) is 5.11 Å². The highest BCUT2D eigenvalue weighted by Crippen LogP contribution is 2.27. The first-order chi connectivity index (χ1) is 10.3. The minimum atomic E-state index is 0. The van der Waals surface area contributed by atoms with E-state index in [1.54, 1.807) is 7.11 Å². The summed E-state index contributed by atoms with van der Waals surface area (Å²) < 4.78 is 5.26. The molecule has 0 radical (unpaired) electrons. The Morgan fingerprint density at radius 3 is 2.50 bits per heavy atom. The molecular weight excluding hydrogens is 300 g/mol. The summed E-state index contributed by atoms with van der Waals surface area (Å²) in [6, 6.07) is 12.6. The number of hydrogen-bond acceptors (Lipinski definition) is 4. The summed E-state index contributed by atoms with van der Waals surface area (Å²) in [5.74, 6) is 0.871. The van der Waals surface area contributed by atoms with Crippen molar-refractivity contribution in [1.29, 1.82) is 0 Å². The molecule has 1 aliphatic heterocycles. The first-order valence-corrected chi connectivity index (χ1v) is 7.45. The molecule has 0 saturated carbocycles. The van der Waals surface area contributed by atoms with E-state index in [2.05, 4.69) is 34.5 Å². The zero-order chi connectivity index (χ0) is 14.7. The van der Waals surface area contributed by atoms with Gasteiger partial charge in [0, 0.05) is 26.2 Å². The summed E-state index contributed by atoms with van der Waals surface area (Å²) in [6.45, 7) is 4.09. The third-order valence-corrected chi connectivity index (χ3v) is 4.22. The fourth-order valence-electron chi connectivity index (χ4n) is 3.00. The van der Waals surface area contributed by atoms with E-state index in [0.29, 0.717) is 0 Å². The van der Waals surface area contributed by atoms with Crippen molar-refractivity contribution in [2.24, 2.45) is 0 Å². The van der Waals surface area contributed by atoms with Gasteiger partial charge in [0.15, 0.2) is 0 Å². The molecule has 120 valence electrons. The number of ether oxygens (including phenoxy) is 1. The van der Waals surface area contributed by atoms with Gasteiger partial charge in [-0.1, -0.05) is 18.2 Å². The summed E-state index contributed by atoms with van der Waals surface area (Å²) in [6.07, 6.45) is 0. The van der Waals surface area contributed by atoms with Crippen molar-refractivity contribution in [1.82, 2.24) is 10.2 Å². The van der Waals surface area contributed by atoms with E-state index in [1.807, 2.05) is 12.1 Å². The lowest BCUT2D eigenvalue weighted by atomic mass is 10.0. The van der Waals surface area contributed by atoms with Gasteiger partial charge in [-0.3, -0.25) is 4.90 Å². The fraction of sp³-hybridized carbons (Fsp3) is 0.412. The van der Waals surface area contributed by atoms with Crippen molar-refractivity contribution >= 4 is 23.2 Å². The van der Waals surface area contributed by atoms with Gasteiger partial charge in [-0.25, -0.2) is 0 Å². The van der Waals surface area contributed by atoms with E-state index in [1.165, 1.54) is 10.9 Å². The van der Waals surface area contributed by atoms with Gasteiger partial charge in [-0.2, -0.15) is 0 Å². The Bertz CT molecular complexity index is 615. The second-order valence-electron chi connectivity index (χ2n) is 5.46. The van der Waals surface area contributed by atoms with Gasteiger partial charge in [0.2, 0.25) is 0 Å². The number of hydrogen-bond donors (Lipinski definition) is 2. The van der Waals surface area contributed by atoms with Crippen molar-refractivity contribution in [2.75, 3.05) is 39.9 Å². The van der Waals surface area contributed by atoms with E-state index in [4.69, 9.17) is 4.74 Å². The summed E-state index contributed by atoms with van der Waals surface area (Å²) in [5.41, 5.74) is 1.18. The number of aliphatic hydroxyl groups excluding tert-OH is 1. The zero-order valence-electron chi connectivity index (χ0n) is 12.8. The average Bonchev–Trinajstić information content (AvgIpc) is 2.56. The number of aliphatic hydroxyl groups is 1. The zero-order valence-corrected chi connectivity index (χ0v) is 13.6. The van der Waals surface area contributed by atoms with E-state index < -0.39 is 0 Å². The van der Waals surface area contributed by atoms with Gasteiger partial charge in [-0.15, -0.1) is 12.4 Å². The molecule has 0 aliphatic carbocycles. The Morgan fingerprint density at radius 2 is 1.82 bits per heavy atom. The van der Waals surface area contributed by atoms with Crippen LogP contribution in [0.1, 0.15) is 11.6 Å². The molecule has 2 aromatic rings. The standard InChI is InChI=1S/C17H22N2O2.ClH/c1-21-16-5-4-13-10-15(3-2-14(13)11-16)17(12-20)19-8-6-18-7-9-19;/h2-5,10-11,17-18,20H,6-9,12H2,1H3;1H/t17-;/m0./s1. The smallest absolute Gasteiger partial charge is 0.119 e. The van der Waals surface area contributed by atoms with Crippen LogP contribution in [0.3, 0.4) is 0 Å². The lowest BCUT2D eigenvalue weighted by molar-refractivity contribution is 0.111. The van der Waals surface area contributed by atoms with Crippen LogP contribution in [0, 0.1) is 0 Å². The fourth-order valence-corrected chi connectivity index (χ4v) is 3.00. The molecule has 2 N–H and O–H groups in total. The molecule has 0 unspecified atom stereocenters. The normalized spacial score (nSPS) is 17.0. The maximum atomic E-state index is 9.80. The maximum Gasteiger partial charge on any atom is 0.119 e. The maximum absolute atomic E-state index is 9.80. The monoisotopic (exact) mass is 322 g/mol. The summed E-state index contributed by atoms with van der Waals surface area (Å²) in [4.78, 5) is 2.35. The molecule has 0 amide bonds. The molecule has 0 spiro atoms. The van der Waals surface area contributed by atoms with Crippen molar-refractivity contribution < 1.29 is 9.84 Å². The molecule has 1 atom stereocenters. The Hall–Kier alpha value is -1.33. The molecule has 2 aromatic carbocycles. The van der Waals surface area contributed by atoms with Gasteiger partial charge >= 0.3 is 0 Å². The number of methoxy groups -OCH3 is 1. The number of benzene rings is 2. The van der Waals surface area contributed by atoms with E-state index in [-0.39, 0.29) is 25.1 Å². The molecule has 4 nitrogen and oxygen atoms in total. The van der Waals surface area contributed by atoms with Gasteiger partial charge in [0.05, 0.1) is 19.8 Å². The van der Waals surface area contributed by atoms with Gasteiger partial charge in [-0.05, 0) is 34.5 Å². The van der Waals surface area contributed by atoms with Crippen LogP contribution in [0.25, 0.3) is 10.8 Å². The van der Waals surface area contributed by atoms with Crippen molar-refractivity contribution in [3.8, 4) is 5.75 Å². The van der Waals surface area contributed by atoms with E-state index in [0.717, 1.165) is 37.3 Å². The Balaban J connectivity index is 0.00000176. The van der Waals surface area contributed by atoms with Crippen LogP contribution >= 0.6 is 12.4 Å². The molecule has 22 heavy (non-hydrogen) atoms. The summed E-state index contributed by atoms with van der Waals surface area (Å²) in [7, 11) is 1.68. The largest absolute Gasteiger partial charge is 0.497 e. The molecule has 0 aromatic heterocycles. The predicted molar refractivity (Wildman–Crippen MR) is 92.0 cm³/mol. The number of fused-ring (bicyclic) bond motifs is 1. The Kier molecular flexibility index (Phi) is 6.03. The molecular formula is C17H23ClN2O2. The summed E-state index contributed by atoms with van der Waals surface area (Å²) >= 11 is 0. The predicted octanol–water partition coefficient (Wildman–Crippen LogP) is 2.21. The molecule has 1 aliphatic rings. The summed E-state index contributed by atoms with van der Waals surface area (Å²) in [5, 5.41) is 15.5. The Labute approximate surface area is 137 Å². The van der Waals surface area contributed by atoms with Crippen LogP contribution in [0.4, 0.5) is 0 Å². The van der Waals surface area contributed by atoms with Crippen LogP contribution in [-0.4, -0.2) is 49.9 Å². The molecule has 3 rings (SSSR count). The number of halogens is 1. The van der Waals surface area contributed by atoms with Crippen LogP contribution in [0.2, 0.25) is 0 Å². The lowest BCUT2D eigenvalue weighted by Gasteiger charge is -2.34. The second-order valence-corrected chi connectivity index (χ2v) is 5.46. The molecule has 1 heterocycles. The van der Waals surface area contributed by atoms with Crippen LogP contribution in [0.15, 0.2) is 36.4 Å². The quantitative estimate of drug-likeness (QED) is 0.906. The average molecular weight is 323 g/mol. The first kappa shape index (κ1) is 17.0.